The fraction of sp³-hybridized carbons (Fsp3) is 0.787. The summed E-state index contributed by atoms with van der Waals surface area (Å²) in [4.78, 5) is 13.5. The topological polar surface area (TPSA) is 307 Å². The molecule has 3 aliphatic rings. The number of amides is 1. The van der Waals surface area contributed by atoms with Gasteiger partial charge in [0.15, 0.2) is 18.9 Å². The predicted molar refractivity (Wildman–Crippen MR) is 392 cm³/mol. The molecule has 17 unspecified atom stereocenters. The van der Waals surface area contributed by atoms with Crippen molar-refractivity contribution < 1.29 is 89.4 Å². The zero-order valence-electron chi connectivity index (χ0n) is 60.9. The molecule has 3 fully saturated rings. The third-order valence-corrected chi connectivity index (χ3v) is 18.9. The van der Waals surface area contributed by atoms with Crippen LogP contribution in [0.4, 0.5) is 0 Å². The highest BCUT2D eigenvalue weighted by molar-refractivity contribution is 5.76. The largest absolute Gasteiger partial charge is 0.394 e. The molecule has 1 amide bonds. The molecule has 3 rings (SSSR count). The molecule has 19 nitrogen and oxygen atoms in total. The molecule has 12 N–H and O–H groups in total. The second kappa shape index (κ2) is 60.0. The average Bonchev–Trinajstić information content (AvgIpc) is 0.786. The molecular weight excluding hydrogens is 1260 g/mol. The number of nitrogens with one attached hydrogen (secondary N) is 1. The smallest absolute Gasteiger partial charge is 0.220 e. The van der Waals surface area contributed by atoms with E-state index in [0.29, 0.717) is 12.8 Å². The van der Waals surface area contributed by atoms with E-state index in [9.17, 15) is 61.0 Å². The van der Waals surface area contributed by atoms with Gasteiger partial charge in [-0.15, -0.1) is 0 Å². The van der Waals surface area contributed by atoms with Gasteiger partial charge in [0.05, 0.1) is 38.6 Å². The summed E-state index contributed by atoms with van der Waals surface area (Å²) in [6.07, 6.45) is 53.4. The maximum atomic E-state index is 13.5. The molecule has 17 atom stereocenters. The van der Waals surface area contributed by atoms with Gasteiger partial charge in [-0.05, 0) is 77.0 Å². The standard InChI is InChI=1S/C80H139NO18/c1-3-5-7-9-11-13-15-17-19-21-22-23-24-25-26-27-28-29-30-31-32-33-34-35-36-37-38-39-40-42-44-46-48-50-52-54-56-58-68(86)81-63(64(85)57-55-53-51-49-47-45-43-41-20-18-16-14-12-10-8-6-4-2)62-94-78-74(92)71(89)76(66(60-83)96-78)99-80-75(93)72(90)77(67(61-84)97-80)98-79-73(91)70(88)69(87)65(59-82)95-79/h5,7,11,13,17,19,22-23,25-26,28-29,31-32,34-35,63-67,69-80,82-85,87-93H,3-4,6,8-10,12,14-16,18,20-21,24,27,30,33,36-62H2,1-2H3,(H,81,86)/b7-5-,13-11-,19-17-,23-22-,26-25-,29-28-,32-31-,35-34-. The number of rotatable bonds is 60. The maximum absolute atomic E-state index is 13.5. The molecular formula is C80H139NO18. The molecule has 0 aliphatic carbocycles. The predicted octanol–water partition coefficient (Wildman–Crippen LogP) is 12.4. The van der Waals surface area contributed by atoms with Gasteiger partial charge in [-0.3, -0.25) is 4.79 Å². The summed E-state index contributed by atoms with van der Waals surface area (Å²) in [5, 5.41) is 121. The van der Waals surface area contributed by atoms with E-state index in [0.717, 1.165) is 103 Å². The molecule has 0 aromatic rings. The van der Waals surface area contributed by atoms with Gasteiger partial charge in [0.1, 0.15) is 73.2 Å². The molecule has 0 aromatic heterocycles. The molecule has 3 saturated heterocycles. The lowest BCUT2D eigenvalue weighted by Crippen LogP contribution is -2.66. The highest BCUT2D eigenvalue weighted by atomic mass is 16.8. The lowest BCUT2D eigenvalue weighted by Gasteiger charge is -2.48. The van der Waals surface area contributed by atoms with Gasteiger partial charge in [0.25, 0.3) is 0 Å². The van der Waals surface area contributed by atoms with Crippen LogP contribution in [0.1, 0.15) is 271 Å². The van der Waals surface area contributed by atoms with E-state index in [1.165, 1.54) is 135 Å². The summed E-state index contributed by atoms with van der Waals surface area (Å²) < 4.78 is 34.5. The molecule has 19 heteroatoms. The maximum Gasteiger partial charge on any atom is 0.220 e. The quantitative estimate of drug-likeness (QED) is 0.0199. The Kier molecular flexibility index (Phi) is 54.5. The molecule has 572 valence electrons. The van der Waals surface area contributed by atoms with Gasteiger partial charge in [-0.2, -0.15) is 0 Å². The molecule has 0 radical (unpaired) electrons. The van der Waals surface area contributed by atoms with Crippen molar-refractivity contribution >= 4 is 5.91 Å². The van der Waals surface area contributed by atoms with Crippen LogP contribution in [-0.2, 0) is 33.2 Å². The Morgan fingerprint density at radius 1 is 0.374 bits per heavy atom. The van der Waals surface area contributed by atoms with Crippen LogP contribution in [0, 0.1) is 0 Å². The van der Waals surface area contributed by atoms with Crippen LogP contribution in [0.5, 0.6) is 0 Å². The summed E-state index contributed by atoms with van der Waals surface area (Å²) in [6, 6.07) is -0.894. The van der Waals surface area contributed by atoms with Crippen molar-refractivity contribution in [3.8, 4) is 0 Å². The Morgan fingerprint density at radius 2 is 0.697 bits per heavy atom. The van der Waals surface area contributed by atoms with Crippen LogP contribution in [0.25, 0.3) is 0 Å². The first-order valence-corrected chi connectivity index (χ1v) is 39.0. The number of hydrogen-bond donors (Lipinski definition) is 12. The monoisotopic (exact) mass is 1400 g/mol. The number of carbonyl (C=O) groups is 1. The van der Waals surface area contributed by atoms with Crippen LogP contribution in [-0.4, -0.2) is 193 Å². The molecule has 3 aliphatic heterocycles. The normalized spacial score (nSPS) is 27.1. The lowest BCUT2D eigenvalue weighted by molar-refractivity contribution is -0.379. The first kappa shape index (κ1) is 89.9. The molecule has 0 saturated carbocycles. The van der Waals surface area contributed by atoms with E-state index in [1.54, 1.807) is 0 Å². The zero-order chi connectivity index (χ0) is 71.8. The average molecular weight is 1400 g/mol. The number of unbranched alkanes of at least 4 members (excludes halogenated alkanes) is 28. The van der Waals surface area contributed by atoms with Crippen LogP contribution in [0.15, 0.2) is 97.2 Å². The fourth-order valence-corrected chi connectivity index (χ4v) is 12.7. The van der Waals surface area contributed by atoms with Crippen molar-refractivity contribution in [2.24, 2.45) is 0 Å². The lowest BCUT2D eigenvalue weighted by atomic mass is 9.96. The van der Waals surface area contributed by atoms with E-state index in [4.69, 9.17) is 28.4 Å². The highest BCUT2D eigenvalue weighted by Gasteiger charge is 2.54. The van der Waals surface area contributed by atoms with E-state index in [-0.39, 0.29) is 18.9 Å². The second-order valence-electron chi connectivity index (χ2n) is 27.4. The SMILES string of the molecule is CC/C=C\C/C=C\C/C=C\C/C=C\C/C=C\C/C=C\C/C=C\C/C=C\CCCCCCCCCCCCCCC(=O)NC(COC1OC(CO)C(OC2OC(CO)C(OC3OC(CO)C(O)C(O)C3O)C(O)C2O)C(O)C1O)C(O)CCCCCCCCCCCCCCCCCCC. The Hall–Kier alpha value is -3.29. The third kappa shape index (κ3) is 40.5. The van der Waals surface area contributed by atoms with Crippen LogP contribution in [0.3, 0.4) is 0 Å². The van der Waals surface area contributed by atoms with E-state index < -0.39 is 124 Å². The van der Waals surface area contributed by atoms with Gasteiger partial charge in [-0.25, -0.2) is 0 Å². The van der Waals surface area contributed by atoms with E-state index >= 15 is 0 Å². The second-order valence-corrected chi connectivity index (χ2v) is 27.4. The molecule has 99 heavy (non-hydrogen) atoms. The summed E-state index contributed by atoms with van der Waals surface area (Å²) in [5.41, 5.74) is 0. The zero-order valence-corrected chi connectivity index (χ0v) is 60.9. The van der Waals surface area contributed by atoms with Crippen LogP contribution in [0.2, 0.25) is 0 Å². The van der Waals surface area contributed by atoms with Crippen LogP contribution < -0.4 is 5.32 Å². The van der Waals surface area contributed by atoms with Crippen molar-refractivity contribution in [2.75, 3.05) is 26.4 Å². The van der Waals surface area contributed by atoms with Gasteiger partial charge in [-0.1, -0.05) is 284 Å². The number of hydrogen-bond acceptors (Lipinski definition) is 18. The third-order valence-electron chi connectivity index (χ3n) is 18.9. The van der Waals surface area contributed by atoms with Crippen molar-refractivity contribution in [3.63, 3.8) is 0 Å². The number of allylic oxidation sites excluding steroid dienone is 16. The first-order valence-electron chi connectivity index (χ1n) is 39.0. The van der Waals surface area contributed by atoms with Crippen molar-refractivity contribution in [2.45, 2.75) is 375 Å². The summed E-state index contributed by atoms with van der Waals surface area (Å²) in [7, 11) is 0. The molecule has 0 spiro atoms. The summed E-state index contributed by atoms with van der Waals surface area (Å²) in [5.74, 6) is -0.247. The van der Waals surface area contributed by atoms with Gasteiger partial charge < -0.3 is 89.9 Å². The Morgan fingerprint density at radius 3 is 1.09 bits per heavy atom. The number of aliphatic hydroxyl groups is 11. The van der Waals surface area contributed by atoms with E-state index in [2.05, 4.69) is 116 Å². The Balaban J connectivity index is 1.34. The minimum Gasteiger partial charge on any atom is -0.394 e. The molecule has 0 bridgehead atoms. The first-order chi connectivity index (χ1) is 48.3. The van der Waals surface area contributed by atoms with Crippen LogP contribution >= 0.6 is 0 Å². The van der Waals surface area contributed by atoms with Gasteiger partial charge in [0.2, 0.25) is 5.91 Å². The fourth-order valence-electron chi connectivity index (χ4n) is 12.7. The van der Waals surface area contributed by atoms with Crippen molar-refractivity contribution in [3.05, 3.63) is 97.2 Å². The molecule has 0 aromatic carbocycles. The highest BCUT2D eigenvalue weighted by Crippen LogP contribution is 2.33. The Labute approximate surface area is 596 Å². The van der Waals surface area contributed by atoms with Crippen molar-refractivity contribution in [1.29, 1.82) is 0 Å². The van der Waals surface area contributed by atoms with Gasteiger partial charge in [0, 0.05) is 6.42 Å². The Bertz CT molecular complexity index is 2170. The summed E-state index contributed by atoms with van der Waals surface area (Å²) in [6.45, 7) is 1.70. The minimum absolute atomic E-state index is 0.247. The van der Waals surface area contributed by atoms with E-state index in [1.807, 2.05) is 0 Å². The number of ether oxygens (including phenoxy) is 6. The number of carbonyl (C=O) groups excluding carboxylic acids is 1. The van der Waals surface area contributed by atoms with Crippen molar-refractivity contribution in [1.82, 2.24) is 5.32 Å². The molecule has 3 heterocycles. The minimum atomic E-state index is -1.98. The van der Waals surface area contributed by atoms with Gasteiger partial charge >= 0.3 is 0 Å². The summed E-state index contributed by atoms with van der Waals surface area (Å²) >= 11 is 0. The number of aliphatic hydroxyl groups excluding tert-OH is 11.